The van der Waals surface area contributed by atoms with E-state index in [1.807, 2.05) is 11.1 Å². The third kappa shape index (κ3) is 3.83. The summed E-state index contributed by atoms with van der Waals surface area (Å²) in [4.78, 5) is 23.2. The van der Waals surface area contributed by atoms with Gasteiger partial charge in [-0.3, -0.25) is 4.79 Å². The number of rotatable bonds is 5. The summed E-state index contributed by atoms with van der Waals surface area (Å²) in [5, 5.41) is 0. The molecule has 2 aromatic rings. The summed E-state index contributed by atoms with van der Waals surface area (Å²) < 4.78 is 7.48. The Kier molecular flexibility index (Phi) is 5.36. The van der Waals surface area contributed by atoms with Crippen LogP contribution >= 0.6 is 0 Å². The van der Waals surface area contributed by atoms with Gasteiger partial charge in [-0.2, -0.15) is 0 Å². The lowest BCUT2D eigenvalue weighted by Gasteiger charge is -2.32. The van der Waals surface area contributed by atoms with Gasteiger partial charge in [-0.05, 0) is 30.9 Å². The van der Waals surface area contributed by atoms with Crippen LogP contribution in [0.1, 0.15) is 48.8 Å². The Morgan fingerprint density at radius 1 is 1.28 bits per heavy atom. The number of nitrogens with zero attached hydrogens (tertiary/aromatic N) is 4. The molecule has 1 aliphatic rings. The number of carbonyl (C=O) groups excluding carboxylic acids is 1. The first-order valence-electron chi connectivity index (χ1n) is 8.89. The molecule has 0 atom stereocenters. The van der Waals surface area contributed by atoms with Crippen LogP contribution in [-0.4, -0.2) is 45.5 Å². The lowest BCUT2D eigenvalue weighted by Crippen LogP contribution is -2.39. The van der Waals surface area contributed by atoms with Crippen molar-refractivity contribution in [1.82, 2.24) is 19.4 Å². The largest absolute Gasteiger partial charge is 0.480 e. The lowest BCUT2D eigenvalue weighted by atomic mass is 9.96. The highest BCUT2D eigenvalue weighted by molar-refractivity contribution is 5.96. The van der Waals surface area contributed by atoms with Gasteiger partial charge in [0.1, 0.15) is 11.4 Å². The number of carbonyl (C=O) groups is 1. The topological polar surface area (TPSA) is 60.2 Å². The molecule has 6 nitrogen and oxygen atoms in total. The van der Waals surface area contributed by atoms with Crippen molar-refractivity contribution in [2.45, 2.75) is 39.2 Å². The van der Waals surface area contributed by atoms with E-state index in [0.29, 0.717) is 23.3 Å². The number of hydrogen-bond donors (Lipinski definition) is 0. The van der Waals surface area contributed by atoms with Gasteiger partial charge in [-0.25, -0.2) is 9.97 Å². The van der Waals surface area contributed by atoms with Crippen molar-refractivity contribution >= 4 is 5.91 Å². The summed E-state index contributed by atoms with van der Waals surface area (Å²) in [6, 6.07) is 3.55. The molecule has 1 fully saturated rings. The molecular formula is C19H26N4O2. The molecule has 3 rings (SSSR count). The number of pyridine rings is 1. The third-order valence-corrected chi connectivity index (χ3v) is 4.82. The van der Waals surface area contributed by atoms with Gasteiger partial charge in [0.25, 0.3) is 5.91 Å². The molecule has 1 aliphatic heterocycles. The maximum absolute atomic E-state index is 12.7. The number of amides is 1. The average molecular weight is 342 g/mol. The van der Waals surface area contributed by atoms with Crippen molar-refractivity contribution in [3.05, 3.63) is 42.1 Å². The van der Waals surface area contributed by atoms with Crippen molar-refractivity contribution in [2.75, 3.05) is 20.2 Å². The minimum Gasteiger partial charge on any atom is -0.480 e. The highest BCUT2D eigenvalue weighted by Gasteiger charge is 2.26. The second-order valence-corrected chi connectivity index (χ2v) is 6.89. The normalized spacial score (nSPS) is 15.6. The van der Waals surface area contributed by atoms with Crippen LogP contribution in [0.4, 0.5) is 0 Å². The SMILES string of the molecule is COc1ncccc1C(=O)N1CCC(Cn2ccnc2C(C)C)CC1. The van der Waals surface area contributed by atoms with Gasteiger partial charge in [0.15, 0.2) is 0 Å². The molecule has 0 spiro atoms. The maximum Gasteiger partial charge on any atom is 0.259 e. The fraction of sp³-hybridized carbons (Fsp3) is 0.526. The number of likely N-dealkylation sites (tertiary alicyclic amines) is 1. The zero-order chi connectivity index (χ0) is 17.8. The second-order valence-electron chi connectivity index (χ2n) is 6.89. The van der Waals surface area contributed by atoms with Crippen molar-refractivity contribution in [3.63, 3.8) is 0 Å². The zero-order valence-electron chi connectivity index (χ0n) is 15.2. The van der Waals surface area contributed by atoms with Gasteiger partial charge in [0.05, 0.1) is 7.11 Å². The number of hydrogen-bond acceptors (Lipinski definition) is 4. The van der Waals surface area contributed by atoms with Gasteiger partial charge < -0.3 is 14.2 Å². The van der Waals surface area contributed by atoms with Crippen LogP contribution in [0.15, 0.2) is 30.7 Å². The summed E-state index contributed by atoms with van der Waals surface area (Å²) in [7, 11) is 1.54. The van der Waals surface area contributed by atoms with Gasteiger partial charge in [0.2, 0.25) is 5.88 Å². The molecule has 25 heavy (non-hydrogen) atoms. The van der Waals surface area contributed by atoms with Gasteiger partial charge >= 0.3 is 0 Å². The van der Waals surface area contributed by atoms with E-state index >= 15 is 0 Å². The van der Waals surface area contributed by atoms with Crippen LogP contribution in [0, 0.1) is 5.92 Å². The Bertz CT molecular complexity index is 718. The highest BCUT2D eigenvalue weighted by Crippen LogP contribution is 2.24. The van der Waals surface area contributed by atoms with Gasteiger partial charge in [-0.1, -0.05) is 13.8 Å². The number of imidazole rings is 1. The number of methoxy groups -OCH3 is 1. The fourth-order valence-corrected chi connectivity index (χ4v) is 3.46. The zero-order valence-corrected chi connectivity index (χ0v) is 15.2. The van der Waals surface area contributed by atoms with E-state index < -0.39 is 0 Å². The molecule has 0 aliphatic carbocycles. The van der Waals surface area contributed by atoms with Crippen LogP contribution in [0.2, 0.25) is 0 Å². The van der Waals surface area contributed by atoms with E-state index in [-0.39, 0.29) is 5.91 Å². The van der Waals surface area contributed by atoms with Crippen molar-refractivity contribution < 1.29 is 9.53 Å². The first-order valence-corrected chi connectivity index (χ1v) is 8.89. The molecule has 0 N–H and O–H groups in total. The Balaban J connectivity index is 1.60. The number of aromatic nitrogens is 3. The average Bonchev–Trinajstić information content (AvgIpc) is 3.10. The van der Waals surface area contributed by atoms with E-state index in [9.17, 15) is 4.79 Å². The van der Waals surface area contributed by atoms with Crippen molar-refractivity contribution in [2.24, 2.45) is 5.92 Å². The van der Waals surface area contributed by atoms with Crippen molar-refractivity contribution in [3.8, 4) is 5.88 Å². The van der Waals surface area contributed by atoms with Crippen LogP contribution in [0.3, 0.4) is 0 Å². The predicted octanol–water partition coefficient (Wildman–Crippen LogP) is 2.96. The summed E-state index contributed by atoms with van der Waals surface area (Å²) >= 11 is 0. The summed E-state index contributed by atoms with van der Waals surface area (Å²) in [6.07, 6.45) is 7.59. The summed E-state index contributed by atoms with van der Waals surface area (Å²) in [5.41, 5.74) is 0.542. The van der Waals surface area contributed by atoms with Gasteiger partial charge in [-0.15, -0.1) is 0 Å². The van der Waals surface area contributed by atoms with E-state index in [2.05, 4.69) is 34.6 Å². The van der Waals surface area contributed by atoms with Crippen LogP contribution in [0.25, 0.3) is 0 Å². The summed E-state index contributed by atoms with van der Waals surface area (Å²) in [5.74, 6) is 2.54. The maximum atomic E-state index is 12.7. The van der Waals surface area contributed by atoms with Crippen LogP contribution < -0.4 is 4.74 Å². The minimum atomic E-state index is 0.00824. The Morgan fingerprint density at radius 2 is 2.04 bits per heavy atom. The van der Waals surface area contributed by atoms with Gasteiger partial charge in [0, 0.05) is 44.1 Å². The predicted molar refractivity (Wildman–Crippen MR) is 95.7 cm³/mol. The smallest absolute Gasteiger partial charge is 0.259 e. The molecule has 134 valence electrons. The molecule has 1 amide bonds. The lowest BCUT2D eigenvalue weighted by molar-refractivity contribution is 0.0678. The first-order chi connectivity index (χ1) is 12.1. The number of ether oxygens (including phenoxy) is 1. The Hall–Kier alpha value is -2.37. The molecule has 0 bridgehead atoms. The highest BCUT2D eigenvalue weighted by atomic mass is 16.5. The Morgan fingerprint density at radius 3 is 2.72 bits per heavy atom. The van der Waals surface area contributed by atoms with Crippen LogP contribution in [0.5, 0.6) is 5.88 Å². The molecule has 3 heterocycles. The second kappa shape index (κ2) is 7.68. The van der Waals surface area contributed by atoms with E-state index in [0.717, 1.165) is 38.3 Å². The molecule has 1 saturated heterocycles. The molecule has 2 aromatic heterocycles. The van der Waals surface area contributed by atoms with E-state index in [1.165, 1.54) is 0 Å². The number of piperidine rings is 1. The molecule has 0 radical (unpaired) electrons. The minimum absolute atomic E-state index is 0.00824. The molecule has 0 saturated carbocycles. The molecule has 0 unspecified atom stereocenters. The molecule has 0 aromatic carbocycles. The van der Waals surface area contributed by atoms with E-state index in [4.69, 9.17) is 4.74 Å². The monoisotopic (exact) mass is 342 g/mol. The first kappa shape index (κ1) is 17.5. The third-order valence-electron chi connectivity index (χ3n) is 4.82. The standard InChI is InChI=1S/C19H26N4O2/c1-14(2)17-20-9-12-23(17)13-15-6-10-22(11-7-15)19(24)16-5-4-8-21-18(16)25-3/h4-5,8-9,12,14-15H,6-7,10-11,13H2,1-3H3. The van der Waals surface area contributed by atoms with Crippen molar-refractivity contribution in [1.29, 1.82) is 0 Å². The van der Waals surface area contributed by atoms with Crippen LogP contribution in [-0.2, 0) is 6.54 Å². The Labute approximate surface area is 148 Å². The molecule has 6 heteroatoms. The fourth-order valence-electron chi connectivity index (χ4n) is 3.46. The quantitative estimate of drug-likeness (QED) is 0.838. The molecular weight excluding hydrogens is 316 g/mol. The summed E-state index contributed by atoms with van der Waals surface area (Å²) in [6.45, 7) is 6.86. The van der Waals surface area contributed by atoms with E-state index in [1.54, 1.807) is 25.4 Å².